The number of para-hydroxylation sites is 1. The third-order valence-corrected chi connectivity index (χ3v) is 5.62. The zero-order valence-electron chi connectivity index (χ0n) is 16.9. The van der Waals surface area contributed by atoms with Crippen LogP contribution < -0.4 is 4.74 Å². The second-order valence-electron chi connectivity index (χ2n) is 7.55. The molecule has 3 aromatic rings. The summed E-state index contributed by atoms with van der Waals surface area (Å²) in [4.78, 5) is 6.71. The lowest BCUT2D eigenvalue weighted by molar-refractivity contribution is -0.00170. The van der Waals surface area contributed by atoms with E-state index in [9.17, 15) is 5.26 Å². The average molecular weight is 387 g/mol. The fourth-order valence-corrected chi connectivity index (χ4v) is 4.16. The number of aromatic nitrogens is 3. The van der Waals surface area contributed by atoms with E-state index < -0.39 is 0 Å². The van der Waals surface area contributed by atoms with E-state index in [0.29, 0.717) is 6.42 Å². The maximum absolute atomic E-state index is 9.44. The fraction of sp³-hybridized carbons (Fsp3) is 0.348. The summed E-state index contributed by atoms with van der Waals surface area (Å²) in [5.41, 5.74) is 3.97. The summed E-state index contributed by atoms with van der Waals surface area (Å²) in [6.07, 6.45) is 7.07. The maximum atomic E-state index is 9.44. The normalized spacial score (nSPS) is 15.5. The second kappa shape index (κ2) is 8.06. The van der Waals surface area contributed by atoms with Crippen LogP contribution in [0.4, 0.5) is 0 Å². The van der Waals surface area contributed by atoms with E-state index in [1.165, 1.54) is 5.56 Å². The van der Waals surface area contributed by atoms with Gasteiger partial charge in [-0.15, -0.1) is 0 Å². The number of benzene rings is 1. The lowest BCUT2D eigenvalue weighted by atomic mass is 9.86. The SMILES string of the molecule is CCc1cccc(-c2cnn(C3(CC#N)CN(Cc4ccccn4)C3)c2)c1OC. The predicted molar refractivity (Wildman–Crippen MR) is 111 cm³/mol. The summed E-state index contributed by atoms with van der Waals surface area (Å²) >= 11 is 0. The molecule has 0 N–H and O–H groups in total. The fourth-order valence-electron chi connectivity index (χ4n) is 4.16. The molecule has 148 valence electrons. The third-order valence-electron chi connectivity index (χ3n) is 5.62. The van der Waals surface area contributed by atoms with Crippen molar-refractivity contribution in [2.75, 3.05) is 20.2 Å². The summed E-state index contributed by atoms with van der Waals surface area (Å²) in [7, 11) is 1.71. The van der Waals surface area contributed by atoms with Crippen LogP contribution in [0, 0.1) is 11.3 Å². The first-order valence-electron chi connectivity index (χ1n) is 9.89. The van der Waals surface area contributed by atoms with Crippen LogP contribution in [0.2, 0.25) is 0 Å². The van der Waals surface area contributed by atoms with Gasteiger partial charge in [0.05, 0.1) is 31.5 Å². The van der Waals surface area contributed by atoms with Crippen molar-refractivity contribution in [1.82, 2.24) is 19.7 Å². The number of hydrogen-bond acceptors (Lipinski definition) is 5. The molecule has 4 rings (SSSR count). The van der Waals surface area contributed by atoms with Crippen LogP contribution in [0.5, 0.6) is 5.75 Å². The Balaban J connectivity index is 1.57. The quantitative estimate of drug-likeness (QED) is 0.619. The van der Waals surface area contributed by atoms with Gasteiger partial charge in [-0.25, -0.2) is 0 Å². The summed E-state index contributed by atoms with van der Waals surface area (Å²) in [6, 6.07) is 14.5. The van der Waals surface area contributed by atoms with Gasteiger partial charge in [-0.05, 0) is 24.1 Å². The van der Waals surface area contributed by atoms with Gasteiger partial charge in [0.1, 0.15) is 11.3 Å². The zero-order valence-corrected chi connectivity index (χ0v) is 16.9. The Morgan fingerprint density at radius 3 is 2.76 bits per heavy atom. The molecular weight excluding hydrogens is 362 g/mol. The van der Waals surface area contributed by atoms with Gasteiger partial charge in [0.2, 0.25) is 0 Å². The standard InChI is InChI=1S/C23H25N5O/c1-3-18-7-6-9-21(22(18)29-2)19-13-26-28(14-19)23(10-11-24)16-27(17-23)15-20-8-4-5-12-25-20/h4-9,12-14H,3,10,15-17H2,1-2H3. The van der Waals surface area contributed by atoms with E-state index in [1.54, 1.807) is 7.11 Å². The number of methoxy groups -OCH3 is 1. The maximum Gasteiger partial charge on any atom is 0.129 e. The first kappa shape index (κ1) is 19.2. The van der Waals surface area contributed by atoms with Crippen LogP contribution in [0.3, 0.4) is 0 Å². The van der Waals surface area contributed by atoms with Crippen molar-refractivity contribution in [2.45, 2.75) is 31.8 Å². The molecule has 1 aliphatic rings. The molecule has 1 aliphatic heterocycles. The molecule has 6 nitrogen and oxygen atoms in total. The number of nitrogens with zero attached hydrogens (tertiary/aromatic N) is 5. The van der Waals surface area contributed by atoms with Crippen LogP contribution in [-0.2, 0) is 18.5 Å². The van der Waals surface area contributed by atoms with E-state index in [-0.39, 0.29) is 5.54 Å². The molecule has 0 spiro atoms. The third kappa shape index (κ3) is 3.62. The van der Waals surface area contributed by atoms with E-state index in [4.69, 9.17) is 4.74 Å². The van der Waals surface area contributed by atoms with E-state index in [0.717, 1.165) is 48.6 Å². The zero-order chi connectivity index (χ0) is 20.3. The van der Waals surface area contributed by atoms with Crippen molar-refractivity contribution < 1.29 is 4.74 Å². The molecule has 0 atom stereocenters. The van der Waals surface area contributed by atoms with Gasteiger partial charge in [-0.3, -0.25) is 14.6 Å². The second-order valence-corrected chi connectivity index (χ2v) is 7.55. The van der Waals surface area contributed by atoms with Crippen LogP contribution in [0.1, 0.15) is 24.6 Å². The van der Waals surface area contributed by atoms with Gasteiger partial charge in [0.15, 0.2) is 0 Å². The Morgan fingerprint density at radius 1 is 1.21 bits per heavy atom. The van der Waals surface area contributed by atoms with Crippen molar-refractivity contribution in [1.29, 1.82) is 5.26 Å². The molecule has 6 heteroatoms. The lowest BCUT2D eigenvalue weighted by Crippen LogP contribution is -2.62. The van der Waals surface area contributed by atoms with Gasteiger partial charge in [0, 0.05) is 43.2 Å². The largest absolute Gasteiger partial charge is 0.496 e. The van der Waals surface area contributed by atoms with Crippen LogP contribution in [0.15, 0.2) is 55.0 Å². The Kier molecular flexibility index (Phi) is 5.32. The van der Waals surface area contributed by atoms with Crippen molar-refractivity contribution in [3.8, 4) is 22.9 Å². The molecule has 3 heterocycles. The van der Waals surface area contributed by atoms with Crippen LogP contribution in [-0.4, -0.2) is 39.9 Å². The summed E-state index contributed by atoms with van der Waals surface area (Å²) < 4.78 is 7.65. The van der Waals surface area contributed by atoms with Crippen molar-refractivity contribution in [2.24, 2.45) is 0 Å². The number of hydrogen-bond donors (Lipinski definition) is 0. The molecule has 0 bridgehead atoms. The Bertz CT molecular complexity index is 1020. The summed E-state index contributed by atoms with van der Waals surface area (Å²) in [5, 5.41) is 14.1. The molecule has 0 unspecified atom stereocenters. The highest BCUT2D eigenvalue weighted by molar-refractivity contribution is 5.71. The molecule has 0 amide bonds. The average Bonchev–Trinajstić information content (AvgIpc) is 3.22. The molecule has 1 saturated heterocycles. The van der Waals surface area contributed by atoms with Crippen molar-refractivity contribution in [3.63, 3.8) is 0 Å². The number of nitriles is 1. The Morgan fingerprint density at radius 2 is 2.07 bits per heavy atom. The minimum atomic E-state index is -0.294. The van der Waals surface area contributed by atoms with Gasteiger partial charge >= 0.3 is 0 Å². The van der Waals surface area contributed by atoms with Crippen LogP contribution >= 0.6 is 0 Å². The highest BCUT2D eigenvalue weighted by Crippen LogP contribution is 2.37. The molecule has 1 fully saturated rings. The lowest BCUT2D eigenvalue weighted by Gasteiger charge is -2.49. The van der Waals surface area contributed by atoms with Crippen molar-refractivity contribution in [3.05, 3.63) is 66.2 Å². The Hall–Kier alpha value is -3.17. The monoisotopic (exact) mass is 387 g/mol. The number of likely N-dealkylation sites (tertiary alicyclic amines) is 1. The predicted octanol–water partition coefficient (Wildman–Crippen LogP) is 3.64. The van der Waals surface area contributed by atoms with Gasteiger partial charge in [0.25, 0.3) is 0 Å². The number of pyridine rings is 1. The minimum absolute atomic E-state index is 0.294. The van der Waals surface area contributed by atoms with E-state index in [1.807, 2.05) is 41.5 Å². The smallest absolute Gasteiger partial charge is 0.129 e. The summed E-state index contributed by atoms with van der Waals surface area (Å²) in [6.45, 7) is 4.47. The minimum Gasteiger partial charge on any atom is -0.496 e. The molecule has 0 aliphatic carbocycles. The molecule has 0 saturated carbocycles. The molecule has 1 aromatic carbocycles. The number of rotatable bonds is 7. The highest BCUT2D eigenvalue weighted by atomic mass is 16.5. The first-order chi connectivity index (χ1) is 14.2. The molecule has 0 radical (unpaired) electrons. The first-order valence-corrected chi connectivity index (χ1v) is 9.89. The van der Waals surface area contributed by atoms with Crippen LogP contribution in [0.25, 0.3) is 11.1 Å². The number of aryl methyl sites for hydroxylation is 1. The van der Waals surface area contributed by atoms with Gasteiger partial charge < -0.3 is 4.74 Å². The number of ether oxygens (including phenoxy) is 1. The molecular formula is C23H25N5O. The Labute approximate surface area is 171 Å². The van der Waals surface area contributed by atoms with Gasteiger partial charge in [-0.1, -0.05) is 31.2 Å². The van der Waals surface area contributed by atoms with E-state index in [2.05, 4.69) is 46.2 Å². The highest BCUT2D eigenvalue weighted by Gasteiger charge is 2.45. The molecule has 29 heavy (non-hydrogen) atoms. The van der Waals surface area contributed by atoms with E-state index >= 15 is 0 Å². The molecule has 2 aromatic heterocycles. The van der Waals surface area contributed by atoms with Crippen molar-refractivity contribution >= 4 is 0 Å². The summed E-state index contributed by atoms with van der Waals surface area (Å²) in [5.74, 6) is 0.897. The topological polar surface area (TPSA) is 67.0 Å². The van der Waals surface area contributed by atoms with Gasteiger partial charge in [-0.2, -0.15) is 10.4 Å².